The van der Waals surface area contributed by atoms with Crippen molar-refractivity contribution in [2.24, 2.45) is 23.7 Å². The number of carbonyl (C=O) groups excluding carboxylic acids is 2. The van der Waals surface area contributed by atoms with E-state index in [1.807, 2.05) is 120 Å². The van der Waals surface area contributed by atoms with Gasteiger partial charge in [0.15, 0.2) is 0 Å². The fraction of sp³-hybridized carbons (Fsp3) is 0.333. The summed E-state index contributed by atoms with van der Waals surface area (Å²) in [6, 6.07) is 21.6. The van der Waals surface area contributed by atoms with Gasteiger partial charge >= 0.3 is 0 Å². The van der Waals surface area contributed by atoms with E-state index in [-0.39, 0.29) is 71.9 Å². The summed E-state index contributed by atoms with van der Waals surface area (Å²) >= 11 is 0. The number of pyridine rings is 6. The lowest BCUT2D eigenvalue weighted by Gasteiger charge is -2.31. The van der Waals surface area contributed by atoms with Gasteiger partial charge in [-0.25, -0.2) is 0 Å². The quantitative estimate of drug-likeness (QED) is 0.121. The number of carbonyl (C=O) groups is 2. The fourth-order valence-electron chi connectivity index (χ4n) is 11.2. The maximum absolute atomic E-state index is 13.6. The zero-order chi connectivity index (χ0) is 48.7. The summed E-state index contributed by atoms with van der Waals surface area (Å²) < 4.78 is 3.63. The van der Waals surface area contributed by atoms with E-state index in [2.05, 4.69) is 40.4 Å². The molecule has 10 rings (SSSR count). The molecule has 4 N–H and O–H groups in total. The number of likely N-dealkylation sites (tertiary alicyclic amines) is 2. The predicted octanol–water partition coefficient (Wildman–Crippen LogP) is 4.30. The Hall–Kier alpha value is -7.24. The van der Waals surface area contributed by atoms with Gasteiger partial charge in [0.05, 0.1) is 24.2 Å². The van der Waals surface area contributed by atoms with Crippen LogP contribution in [-0.2, 0) is 48.9 Å². The molecule has 0 bridgehead atoms. The Morgan fingerprint density at radius 2 is 0.886 bits per heavy atom. The number of allylic oxidation sites excluding steroid dienone is 2. The highest BCUT2D eigenvalue weighted by Crippen LogP contribution is 2.51. The molecular formula is C54H58N10O6. The minimum atomic E-state index is -0.524. The Kier molecular flexibility index (Phi) is 14.7. The smallest absolute Gasteiger partial charge is 0.258 e. The number of aromatic nitrogens is 6. The lowest BCUT2D eigenvalue weighted by Crippen LogP contribution is -2.47. The van der Waals surface area contributed by atoms with Crippen molar-refractivity contribution in [2.75, 3.05) is 13.2 Å². The Balaban J connectivity index is 0.000000174. The zero-order valence-electron chi connectivity index (χ0n) is 39.2. The molecule has 16 heteroatoms. The van der Waals surface area contributed by atoms with Crippen LogP contribution in [0, 0.1) is 23.7 Å². The standard InChI is InChI=1S/2C27H29N5O3/c2*1-2-3-20-4-5-23-24-21(16-31(23)27(20)35)22(17-33)25(32(24)15-19-8-12-29-13-9-19)26(34)30-14-18-6-10-28-11-7-18/h2*2-13,21-22,24-25,33H,14-17H2,1H3,(H,30,34)/b3-2+;3-2-/t2*21-,22-,24+,25-/m11/s1. The molecule has 4 aliphatic heterocycles. The first-order chi connectivity index (χ1) is 34.2. The van der Waals surface area contributed by atoms with Gasteiger partial charge in [-0.1, -0.05) is 24.3 Å². The molecule has 0 unspecified atom stereocenters. The molecule has 0 radical (unpaired) electrons. The molecule has 0 aliphatic carbocycles. The summed E-state index contributed by atoms with van der Waals surface area (Å²) in [5.74, 6) is -0.945. The van der Waals surface area contributed by atoms with Crippen molar-refractivity contribution in [3.63, 3.8) is 0 Å². The van der Waals surface area contributed by atoms with E-state index in [0.29, 0.717) is 50.4 Å². The number of rotatable bonds is 14. The molecule has 0 aromatic carbocycles. The number of hydrogen-bond donors (Lipinski definition) is 4. The van der Waals surface area contributed by atoms with Gasteiger partial charge in [-0.3, -0.25) is 48.9 Å². The molecule has 0 saturated carbocycles. The number of hydrogen-bond acceptors (Lipinski definition) is 12. The van der Waals surface area contributed by atoms with E-state index in [1.54, 1.807) is 49.6 Å². The van der Waals surface area contributed by atoms with Crippen molar-refractivity contribution in [2.45, 2.75) is 77.3 Å². The van der Waals surface area contributed by atoms with Crippen LogP contribution in [-0.4, -0.2) is 86.2 Å². The van der Waals surface area contributed by atoms with Gasteiger partial charge in [-0.15, -0.1) is 0 Å². The van der Waals surface area contributed by atoms with Crippen LogP contribution in [0.15, 0.2) is 144 Å². The Bertz CT molecular complexity index is 2750. The van der Waals surface area contributed by atoms with Crippen molar-refractivity contribution < 1.29 is 19.8 Å². The molecule has 2 amide bonds. The maximum atomic E-state index is 13.6. The molecule has 0 spiro atoms. The minimum Gasteiger partial charge on any atom is -0.396 e. The first-order valence-electron chi connectivity index (χ1n) is 23.8. The van der Waals surface area contributed by atoms with E-state index >= 15 is 0 Å². The van der Waals surface area contributed by atoms with Crippen LogP contribution in [0.1, 0.15) is 70.7 Å². The van der Waals surface area contributed by atoms with E-state index in [4.69, 9.17) is 0 Å². The van der Waals surface area contributed by atoms with Crippen molar-refractivity contribution in [3.05, 3.63) is 200 Å². The molecule has 360 valence electrons. The SMILES string of the molecule is C/C=C/c1ccc2n(c1=O)C[C@@H]1[C@@H](CO)[C@H](C(=O)NCc3ccncc3)N(Cc3ccncc3)[C@H]21.C/C=C\c1ccc2n(c1=O)C[C@@H]1[C@@H](CO)[C@H](C(=O)NCc3ccncc3)N(Cc3ccncc3)[C@H]21. The Morgan fingerprint density at radius 3 is 1.21 bits per heavy atom. The van der Waals surface area contributed by atoms with Crippen molar-refractivity contribution in [3.8, 4) is 0 Å². The van der Waals surface area contributed by atoms with Gasteiger partial charge in [0.1, 0.15) is 0 Å². The third-order valence-electron chi connectivity index (χ3n) is 14.3. The van der Waals surface area contributed by atoms with Crippen LogP contribution in [0.3, 0.4) is 0 Å². The number of fused-ring (bicyclic) bond motifs is 6. The summed E-state index contributed by atoms with van der Waals surface area (Å²) in [6.45, 7) is 6.27. The van der Waals surface area contributed by atoms with E-state index in [1.165, 1.54) is 0 Å². The number of nitrogens with one attached hydrogen (secondary N) is 2. The van der Waals surface area contributed by atoms with Crippen molar-refractivity contribution >= 4 is 24.0 Å². The van der Waals surface area contributed by atoms with Gasteiger partial charge in [0.2, 0.25) is 11.8 Å². The van der Waals surface area contributed by atoms with E-state index < -0.39 is 12.1 Å². The number of aliphatic hydroxyl groups excluding tert-OH is 2. The second kappa shape index (κ2) is 21.6. The summed E-state index contributed by atoms with van der Waals surface area (Å²) in [5.41, 5.74) is 6.97. The number of nitrogens with zero attached hydrogens (tertiary/aromatic N) is 8. The van der Waals surface area contributed by atoms with Crippen LogP contribution in [0.4, 0.5) is 0 Å². The normalized spacial score (nSPS) is 23.4. The Morgan fingerprint density at radius 1 is 0.543 bits per heavy atom. The summed E-state index contributed by atoms with van der Waals surface area (Å²) in [6.07, 6.45) is 21.1. The molecular weight excluding hydrogens is 885 g/mol. The second-order valence-electron chi connectivity index (χ2n) is 18.3. The molecule has 8 atom stereocenters. The van der Waals surface area contributed by atoms with Crippen LogP contribution >= 0.6 is 0 Å². The van der Waals surface area contributed by atoms with Gasteiger partial charge in [-0.2, -0.15) is 0 Å². The van der Waals surface area contributed by atoms with E-state index in [9.17, 15) is 29.4 Å². The number of amides is 2. The first-order valence-corrected chi connectivity index (χ1v) is 23.8. The summed E-state index contributed by atoms with van der Waals surface area (Å²) in [5, 5.41) is 27.1. The molecule has 10 heterocycles. The molecule has 16 nitrogen and oxygen atoms in total. The topological polar surface area (TPSA) is 201 Å². The van der Waals surface area contributed by atoms with Crippen molar-refractivity contribution in [1.29, 1.82) is 0 Å². The molecule has 6 aromatic heterocycles. The van der Waals surface area contributed by atoms with Gasteiger partial charge in [0, 0.05) is 148 Å². The summed E-state index contributed by atoms with van der Waals surface area (Å²) in [7, 11) is 0. The predicted molar refractivity (Wildman–Crippen MR) is 264 cm³/mol. The molecule has 4 aliphatic rings. The lowest BCUT2D eigenvalue weighted by atomic mass is 9.88. The van der Waals surface area contributed by atoms with Gasteiger partial charge < -0.3 is 30.0 Å². The number of aliphatic hydroxyl groups is 2. The maximum Gasteiger partial charge on any atom is 0.258 e. The second-order valence-corrected chi connectivity index (χ2v) is 18.3. The largest absolute Gasteiger partial charge is 0.396 e. The highest BCUT2D eigenvalue weighted by atomic mass is 16.3. The first kappa shape index (κ1) is 47.8. The molecule has 6 aromatic rings. The third kappa shape index (κ3) is 9.55. The molecule has 2 fully saturated rings. The zero-order valence-corrected chi connectivity index (χ0v) is 39.2. The van der Waals surface area contributed by atoms with Crippen molar-refractivity contribution in [1.82, 2.24) is 49.5 Å². The van der Waals surface area contributed by atoms with Crippen LogP contribution in [0.2, 0.25) is 0 Å². The third-order valence-corrected chi connectivity index (χ3v) is 14.3. The van der Waals surface area contributed by atoms with Crippen LogP contribution in [0.25, 0.3) is 12.2 Å². The molecule has 2 saturated heterocycles. The highest BCUT2D eigenvalue weighted by Gasteiger charge is 2.57. The Labute approximate surface area is 406 Å². The lowest BCUT2D eigenvalue weighted by molar-refractivity contribution is -0.128. The molecule has 70 heavy (non-hydrogen) atoms. The summed E-state index contributed by atoms with van der Waals surface area (Å²) in [4.78, 5) is 74.0. The van der Waals surface area contributed by atoms with Crippen LogP contribution < -0.4 is 21.8 Å². The fourth-order valence-corrected chi connectivity index (χ4v) is 11.2. The monoisotopic (exact) mass is 942 g/mol. The average molecular weight is 943 g/mol. The highest BCUT2D eigenvalue weighted by molar-refractivity contribution is 5.83. The van der Waals surface area contributed by atoms with Crippen LogP contribution in [0.5, 0.6) is 0 Å². The average Bonchev–Trinajstić information content (AvgIpc) is 4.13. The van der Waals surface area contributed by atoms with Gasteiger partial charge in [-0.05, 0) is 109 Å². The van der Waals surface area contributed by atoms with E-state index in [0.717, 1.165) is 33.6 Å². The minimum absolute atomic E-state index is 0.0331. The van der Waals surface area contributed by atoms with Gasteiger partial charge in [0.25, 0.3) is 11.1 Å².